The maximum absolute atomic E-state index is 12.4. The smallest absolute Gasteiger partial charge is 0.251 e. The molecule has 2 heterocycles. The average Bonchev–Trinajstić information content (AvgIpc) is 3.27. The number of carbonyl (C=O) groups is 1. The molecule has 0 fully saturated rings. The highest BCUT2D eigenvalue weighted by Crippen LogP contribution is 2.40. The fourth-order valence-electron chi connectivity index (χ4n) is 3.29. The zero-order chi connectivity index (χ0) is 16.5. The number of amides is 1. The van der Waals surface area contributed by atoms with Gasteiger partial charge < -0.3 is 19.5 Å². The van der Waals surface area contributed by atoms with E-state index in [4.69, 9.17) is 14.2 Å². The van der Waals surface area contributed by atoms with E-state index in [-0.39, 0.29) is 5.91 Å². The van der Waals surface area contributed by atoms with Gasteiger partial charge >= 0.3 is 0 Å². The average molecular weight is 325 g/mol. The van der Waals surface area contributed by atoms with E-state index in [1.165, 1.54) is 5.56 Å². The third kappa shape index (κ3) is 2.56. The van der Waals surface area contributed by atoms with Crippen LogP contribution >= 0.6 is 0 Å². The summed E-state index contributed by atoms with van der Waals surface area (Å²) >= 11 is 0. The second kappa shape index (κ2) is 6.07. The van der Waals surface area contributed by atoms with Crippen molar-refractivity contribution in [1.29, 1.82) is 0 Å². The molecule has 0 saturated heterocycles. The van der Waals surface area contributed by atoms with Crippen LogP contribution in [0.4, 0.5) is 0 Å². The highest BCUT2D eigenvalue weighted by Gasteiger charge is 2.26. The van der Waals surface area contributed by atoms with Crippen LogP contribution in [0.15, 0.2) is 30.3 Å². The summed E-state index contributed by atoms with van der Waals surface area (Å²) in [5.74, 6) is 2.49. The van der Waals surface area contributed by atoms with E-state index in [0.717, 1.165) is 41.2 Å². The van der Waals surface area contributed by atoms with Crippen LogP contribution in [-0.2, 0) is 19.4 Å². The summed E-state index contributed by atoms with van der Waals surface area (Å²) in [5, 5.41) is 3.00. The lowest BCUT2D eigenvalue weighted by molar-refractivity contribution is 0.0950. The van der Waals surface area contributed by atoms with E-state index in [2.05, 4.69) is 11.4 Å². The molecule has 124 valence electrons. The number of hydrogen-bond acceptors (Lipinski definition) is 4. The standard InChI is InChI=1S/C19H19NO4/c1-22-14-4-2-12(3-5-14)19(21)20-11-16-15-7-9-23-17(15)10-13-6-8-24-18(13)16/h2-5,10H,6-9,11H2,1H3,(H,20,21). The summed E-state index contributed by atoms with van der Waals surface area (Å²) in [6.07, 6.45) is 1.76. The van der Waals surface area contributed by atoms with Crippen LogP contribution < -0.4 is 19.5 Å². The van der Waals surface area contributed by atoms with Crippen molar-refractivity contribution in [2.45, 2.75) is 19.4 Å². The minimum absolute atomic E-state index is 0.110. The first-order valence-electron chi connectivity index (χ1n) is 8.12. The maximum atomic E-state index is 12.4. The zero-order valence-electron chi connectivity index (χ0n) is 13.6. The summed E-state index contributed by atoms with van der Waals surface area (Å²) in [4.78, 5) is 12.4. The van der Waals surface area contributed by atoms with Gasteiger partial charge in [-0.25, -0.2) is 0 Å². The first-order chi connectivity index (χ1) is 11.8. The highest BCUT2D eigenvalue weighted by atomic mass is 16.5. The van der Waals surface area contributed by atoms with Crippen LogP contribution in [0, 0.1) is 0 Å². The van der Waals surface area contributed by atoms with E-state index in [1.54, 1.807) is 31.4 Å². The molecule has 1 N–H and O–H groups in total. The molecule has 0 saturated carbocycles. The van der Waals surface area contributed by atoms with Crippen LogP contribution in [0.25, 0.3) is 0 Å². The molecule has 0 unspecified atom stereocenters. The fraction of sp³-hybridized carbons (Fsp3) is 0.316. The van der Waals surface area contributed by atoms with Gasteiger partial charge in [0.1, 0.15) is 17.2 Å². The molecule has 5 heteroatoms. The van der Waals surface area contributed by atoms with Gasteiger partial charge in [0.25, 0.3) is 5.91 Å². The van der Waals surface area contributed by atoms with Gasteiger partial charge in [0.15, 0.2) is 0 Å². The number of benzene rings is 2. The van der Waals surface area contributed by atoms with Crippen LogP contribution in [0.2, 0.25) is 0 Å². The first-order valence-corrected chi connectivity index (χ1v) is 8.12. The van der Waals surface area contributed by atoms with Crippen LogP contribution in [0.3, 0.4) is 0 Å². The second-order valence-corrected chi connectivity index (χ2v) is 5.93. The van der Waals surface area contributed by atoms with Gasteiger partial charge in [-0.3, -0.25) is 4.79 Å². The molecule has 0 aliphatic carbocycles. The topological polar surface area (TPSA) is 56.8 Å². The largest absolute Gasteiger partial charge is 0.497 e. The van der Waals surface area contributed by atoms with E-state index in [1.807, 2.05) is 0 Å². The molecule has 0 bridgehead atoms. The number of methoxy groups -OCH3 is 1. The predicted octanol–water partition coefficient (Wildman–Crippen LogP) is 2.50. The predicted molar refractivity (Wildman–Crippen MR) is 89.0 cm³/mol. The summed E-state index contributed by atoms with van der Waals surface area (Å²) in [6.45, 7) is 1.83. The SMILES string of the molecule is COc1ccc(C(=O)NCc2c3c(cc4c2OCC4)OCC3)cc1. The number of carbonyl (C=O) groups excluding carboxylic acids is 1. The summed E-state index contributed by atoms with van der Waals surface area (Å²) in [6, 6.07) is 9.16. The van der Waals surface area contributed by atoms with Crippen LogP contribution in [-0.4, -0.2) is 26.2 Å². The lowest BCUT2D eigenvalue weighted by Gasteiger charge is -2.14. The molecule has 24 heavy (non-hydrogen) atoms. The van der Waals surface area contributed by atoms with Gasteiger partial charge in [0.2, 0.25) is 0 Å². The number of ether oxygens (including phenoxy) is 3. The maximum Gasteiger partial charge on any atom is 0.251 e. The van der Waals surface area contributed by atoms with Crippen LogP contribution in [0.1, 0.15) is 27.0 Å². The summed E-state index contributed by atoms with van der Waals surface area (Å²) < 4.78 is 16.6. The Morgan fingerprint density at radius 3 is 2.75 bits per heavy atom. The number of hydrogen-bond donors (Lipinski definition) is 1. The molecule has 2 aliphatic heterocycles. The molecule has 5 nitrogen and oxygen atoms in total. The Labute approximate surface area is 140 Å². The normalized spacial score (nSPS) is 14.4. The monoisotopic (exact) mass is 325 g/mol. The summed E-state index contributed by atoms with van der Waals surface area (Å²) in [5.41, 5.74) is 3.99. The van der Waals surface area contributed by atoms with Gasteiger partial charge in [-0.2, -0.15) is 0 Å². The molecule has 2 aromatic carbocycles. The molecular formula is C19H19NO4. The molecular weight excluding hydrogens is 306 g/mol. The van der Waals surface area contributed by atoms with Crippen molar-refractivity contribution in [3.05, 3.63) is 52.6 Å². The number of rotatable bonds is 4. The van der Waals surface area contributed by atoms with Crippen molar-refractivity contribution in [1.82, 2.24) is 5.32 Å². The van der Waals surface area contributed by atoms with Gasteiger partial charge in [-0.1, -0.05) is 0 Å². The van der Waals surface area contributed by atoms with Crippen molar-refractivity contribution in [2.75, 3.05) is 20.3 Å². The van der Waals surface area contributed by atoms with Gasteiger partial charge in [0, 0.05) is 41.6 Å². The Morgan fingerprint density at radius 1 is 1.17 bits per heavy atom. The van der Waals surface area contributed by atoms with Crippen molar-refractivity contribution in [2.24, 2.45) is 0 Å². The Morgan fingerprint density at radius 2 is 1.96 bits per heavy atom. The van der Waals surface area contributed by atoms with E-state index >= 15 is 0 Å². The van der Waals surface area contributed by atoms with Gasteiger partial charge in [-0.05, 0) is 30.3 Å². The van der Waals surface area contributed by atoms with E-state index in [0.29, 0.717) is 25.3 Å². The molecule has 0 atom stereocenters. The molecule has 2 aliphatic rings. The molecule has 0 radical (unpaired) electrons. The highest BCUT2D eigenvalue weighted by molar-refractivity contribution is 5.94. The first kappa shape index (κ1) is 14.9. The fourth-order valence-corrected chi connectivity index (χ4v) is 3.29. The third-order valence-corrected chi connectivity index (χ3v) is 4.54. The van der Waals surface area contributed by atoms with E-state index in [9.17, 15) is 4.79 Å². The van der Waals surface area contributed by atoms with Crippen molar-refractivity contribution < 1.29 is 19.0 Å². The quantitative estimate of drug-likeness (QED) is 0.938. The lowest BCUT2D eigenvalue weighted by atomic mass is 9.99. The molecule has 0 spiro atoms. The lowest BCUT2D eigenvalue weighted by Crippen LogP contribution is -2.23. The molecule has 2 aromatic rings. The van der Waals surface area contributed by atoms with Crippen molar-refractivity contribution in [3.8, 4) is 17.2 Å². The molecule has 4 rings (SSSR count). The van der Waals surface area contributed by atoms with Gasteiger partial charge in [0.05, 0.1) is 20.3 Å². The van der Waals surface area contributed by atoms with Gasteiger partial charge in [-0.15, -0.1) is 0 Å². The molecule has 0 aromatic heterocycles. The van der Waals surface area contributed by atoms with Crippen molar-refractivity contribution in [3.63, 3.8) is 0 Å². The Bertz CT molecular complexity index is 751. The third-order valence-electron chi connectivity index (χ3n) is 4.54. The number of fused-ring (bicyclic) bond motifs is 2. The Balaban J connectivity index is 1.54. The Kier molecular flexibility index (Phi) is 3.76. The summed E-state index contributed by atoms with van der Waals surface area (Å²) in [7, 11) is 1.60. The van der Waals surface area contributed by atoms with Crippen LogP contribution in [0.5, 0.6) is 17.2 Å². The van der Waals surface area contributed by atoms with Crippen molar-refractivity contribution >= 4 is 5.91 Å². The second-order valence-electron chi connectivity index (χ2n) is 5.93. The zero-order valence-corrected chi connectivity index (χ0v) is 13.6. The minimum Gasteiger partial charge on any atom is -0.497 e. The Hall–Kier alpha value is -2.69. The minimum atomic E-state index is -0.110. The molecule has 1 amide bonds. The van der Waals surface area contributed by atoms with E-state index < -0.39 is 0 Å². The number of nitrogens with one attached hydrogen (secondary N) is 1.